The predicted octanol–water partition coefficient (Wildman–Crippen LogP) is 5.36. The molecule has 158 valence electrons. The van der Waals surface area contributed by atoms with Crippen LogP contribution in [0.4, 0.5) is 0 Å². The van der Waals surface area contributed by atoms with Crippen LogP contribution in [0, 0.1) is 0 Å². The molecule has 0 aliphatic heterocycles. The summed E-state index contributed by atoms with van der Waals surface area (Å²) in [6, 6.07) is 20.4. The molecule has 0 aliphatic carbocycles. The lowest BCUT2D eigenvalue weighted by atomic mass is 10.0. The summed E-state index contributed by atoms with van der Waals surface area (Å²) < 4.78 is 27.7. The molecule has 4 rings (SSSR count). The zero-order valence-corrected chi connectivity index (χ0v) is 18.1. The van der Waals surface area contributed by atoms with Gasteiger partial charge in [-0.05, 0) is 47.0 Å². The summed E-state index contributed by atoms with van der Waals surface area (Å²) >= 11 is 6.06. The first kappa shape index (κ1) is 21.2. The van der Waals surface area contributed by atoms with E-state index >= 15 is 0 Å². The molecule has 0 atom stereocenters. The van der Waals surface area contributed by atoms with Gasteiger partial charge in [0.15, 0.2) is 0 Å². The van der Waals surface area contributed by atoms with Crippen molar-refractivity contribution < 1.29 is 18.3 Å². The van der Waals surface area contributed by atoms with Gasteiger partial charge in [-0.2, -0.15) is 0 Å². The highest BCUT2D eigenvalue weighted by Gasteiger charge is 2.20. The monoisotopic (exact) mass is 453 g/mol. The Hall–Kier alpha value is -3.09. The van der Waals surface area contributed by atoms with E-state index in [2.05, 4.69) is 0 Å². The SMILES string of the molecule is O=C(O)CCc1cc2cc(Cl)ccc2n1S(=O)(=O)CC=Cc1cccc2ccccc12. The molecule has 0 aliphatic rings. The number of fused-ring (bicyclic) bond motifs is 2. The maximum atomic E-state index is 13.2. The molecule has 0 spiro atoms. The van der Waals surface area contributed by atoms with E-state index in [-0.39, 0.29) is 18.6 Å². The summed E-state index contributed by atoms with van der Waals surface area (Å²) in [4.78, 5) is 11.0. The average molecular weight is 454 g/mol. The van der Waals surface area contributed by atoms with Crippen molar-refractivity contribution in [2.45, 2.75) is 12.8 Å². The number of benzene rings is 3. The maximum Gasteiger partial charge on any atom is 0.303 e. The maximum absolute atomic E-state index is 13.2. The van der Waals surface area contributed by atoms with Crippen LogP contribution < -0.4 is 0 Å². The van der Waals surface area contributed by atoms with Crippen LogP contribution in [-0.2, 0) is 21.2 Å². The van der Waals surface area contributed by atoms with E-state index in [1.807, 2.05) is 42.5 Å². The van der Waals surface area contributed by atoms with Gasteiger partial charge in [0.25, 0.3) is 0 Å². The number of aliphatic carboxylic acids is 1. The summed E-state index contributed by atoms with van der Waals surface area (Å²) in [5, 5.41) is 12.3. The molecule has 1 N–H and O–H groups in total. The zero-order chi connectivity index (χ0) is 22.0. The Morgan fingerprint density at radius 1 is 1.00 bits per heavy atom. The van der Waals surface area contributed by atoms with Crippen molar-refractivity contribution in [1.82, 2.24) is 3.97 Å². The summed E-state index contributed by atoms with van der Waals surface area (Å²) in [6.07, 6.45) is 3.37. The molecule has 1 aromatic heterocycles. The van der Waals surface area contributed by atoms with Gasteiger partial charge in [-0.1, -0.05) is 66.2 Å². The lowest BCUT2D eigenvalue weighted by molar-refractivity contribution is -0.136. The molecule has 7 heteroatoms. The van der Waals surface area contributed by atoms with Gasteiger partial charge in [-0.15, -0.1) is 0 Å². The fourth-order valence-corrected chi connectivity index (χ4v) is 5.36. The third kappa shape index (κ3) is 4.50. The second-order valence-corrected chi connectivity index (χ2v) is 9.55. The van der Waals surface area contributed by atoms with Crippen LogP contribution >= 0.6 is 11.6 Å². The first-order valence-electron chi connectivity index (χ1n) is 9.74. The second-order valence-electron chi connectivity index (χ2n) is 7.25. The number of aromatic nitrogens is 1. The third-order valence-electron chi connectivity index (χ3n) is 5.09. The first-order valence-corrected chi connectivity index (χ1v) is 11.7. The van der Waals surface area contributed by atoms with Crippen LogP contribution in [0.1, 0.15) is 17.7 Å². The number of carboxylic acids is 1. The van der Waals surface area contributed by atoms with E-state index in [0.29, 0.717) is 21.6 Å². The van der Waals surface area contributed by atoms with E-state index in [1.54, 1.807) is 36.4 Å². The quantitative estimate of drug-likeness (QED) is 0.409. The summed E-state index contributed by atoms with van der Waals surface area (Å²) in [7, 11) is -3.76. The van der Waals surface area contributed by atoms with E-state index < -0.39 is 16.0 Å². The van der Waals surface area contributed by atoms with Crippen LogP contribution in [0.2, 0.25) is 5.02 Å². The fourth-order valence-electron chi connectivity index (χ4n) is 3.72. The van der Waals surface area contributed by atoms with Crippen LogP contribution in [0.5, 0.6) is 0 Å². The van der Waals surface area contributed by atoms with Crippen molar-refractivity contribution in [2.24, 2.45) is 0 Å². The highest BCUT2D eigenvalue weighted by molar-refractivity contribution is 7.90. The van der Waals surface area contributed by atoms with Crippen LogP contribution in [0.3, 0.4) is 0 Å². The Morgan fingerprint density at radius 3 is 2.58 bits per heavy atom. The number of nitrogens with zero attached hydrogens (tertiary/aromatic N) is 1. The van der Waals surface area contributed by atoms with Gasteiger partial charge < -0.3 is 5.11 Å². The molecular weight excluding hydrogens is 434 g/mol. The van der Waals surface area contributed by atoms with E-state index in [4.69, 9.17) is 16.7 Å². The number of carboxylic acid groups (broad SMARTS) is 1. The Bertz CT molecular complexity index is 1420. The van der Waals surface area contributed by atoms with E-state index in [1.165, 1.54) is 3.97 Å². The minimum Gasteiger partial charge on any atom is -0.481 e. The highest BCUT2D eigenvalue weighted by Crippen LogP contribution is 2.27. The molecule has 0 unspecified atom stereocenters. The number of rotatable bonds is 7. The first-order chi connectivity index (χ1) is 14.8. The number of hydrogen-bond acceptors (Lipinski definition) is 3. The Morgan fingerprint density at radius 2 is 1.77 bits per heavy atom. The molecule has 3 aromatic carbocycles. The Kier molecular flexibility index (Phi) is 5.85. The standard InChI is InChI=1S/C24H20ClNO4S/c25-20-10-12-23-19(15-20)16-21(11-13-24(27)28)26(23)31(29,30)14-4-8-18-7-3-6-17-5-1-2-9-22(17)18/h1-10,12,15-16H,11,13-14H2,(H,27,28). The predicted molar refractivity (Wildman–Crippen MR) is 125 cm³/mol. The molecule has 5 nitrogen and oxygen atoms in total. The Balaban J connectivity index is 1.70. The van der Waals surface area contributed by atoms with Crippen molar-refractivity contribution in [2.75, 3.05) is 5.75 Å². The van der Waals surface area contributed by atoms with Crippen molar-refractivity contribution >= 4 is 55.3 Å². The van der Waals surface area contributed by atoms with Crippen molar-refractivity contribution in [3.63, 3.8) is 0 Å². The lowest BCUT2D eigenvalue weighted by Gasteiger charge is -2.10. The molecule has 0 radical (unpaired) electrons. The summed E-state index contributed by atoms with van der Waals surface area (Å²) in [6.45, 7) is 0. The summed E-state index contributed by atoms with van der Waals surface area (Å²) in [5.41, 5.74) is 1.85. The zero-order valence-electron chi connectivity index (χ0n) is 16.5. The minimum absolute atomic E-state index is 0.105. The molecule has 0 saturated heterocycles. The van der Waals surface area contributed by atoms with Gasteiger partial charge in [-0.25, -0.2) is 12.4 Å². The van der Waals surface area contributed by atoms with Crippen LogP contribution in [-0.4, -0.2) is 29.2 Å². The number of hydrogen-bond donors (Lipinski definition) is 1. The topological polar surface area (TPSA) is 76.4 Å². The molecule has 0 saturated carbocycles. The van der Waals surface area contributed by atoms with Gasteiger partial charge >= 0.3 is 5.97 Å². The number of halogens is 1. The highest BCUT2D eigenvalue weighted by atomic mass is 35.5. The van der Waals surface area contributed by atoms with Crippen LogP contribution in [0.15, 0.2) is 72.8 Å². The Labute approximate surface area is 185 Å². The molecule has 4 aromatic rings. The normalized spacial score (nSPS) is 12.2. The molecule has 1 heterocycles. The van der Waals surface area contributed by atoms with E-state index in [9.17, 15) is 13.2 Å². The smallest absolute Gasteiger partial charge is 0.303 e. The van der Waals surface area contributed by atoms with Crippen molar-refractivity contribution in [3.05, 3.63) is 89.1 Å². The molecular formula is C24H20ClNO4S. The van der Waals surface area contributed by atoms with Gasteiger partial charge in [0.05, 0.1) is 17.7 Å². The summed E-state index contributed by atoms with van der Waals surface area (Å²) in [5.74, 6) is -1.20. The van der Waals surface area contributed by atoms with Crippen molar-refractivity contribution in [3.8, 4) is 0 Å². The largest absolute Gasteiger partial charge is 0.481 e. The van der Waals surface area contributed by atoms with Gasteiger partial charge in [-0.3, -0.25) is 4.79 Å². The molecule has 0 bridgehead atoms. The van der Waals surface area contributed by atoms with Gasteiger partial charge in [0.2, 0.25) is 10.0 Å². The molecule has 0 amide bonds. The third-order valence-corrected chi connectivity index (χ3v) is 6.93. The minimum atomic E-state index is -3.76. The lowest BCUT2D eigenvalue weighted by Crippen LogP contribution is -2.18. The second kappa shape index (κ2) is 8.57. The van der Waals surface area contributed by atoms with Gasteiger partial charge in [0.1, 0.15) is 0 Å². The van der Waals surface area contributed by atoms with Crippen molar-refractivity contribution in [1.29, 1.82) is 0 Å². The fraction of sp³-hybridized carbons (Fsp3) is 0.125. The molecule has 31 heavy (non-hydrogen) atoms. The van der Waals surface area contributed by atoms with Gasteiger partial charge in [0, 0.05) is 16.1 Å². The van der Waals surface area contributed by atoms with Crippen LogP contribution in [0.25, 0.3) is 27.8 Å². The number of aryl methyl sites for hydroxylation is 1. The van der Waals surface area contributed by atoms with E-state index in [0.717, 1.165) is 16.3 Å². The average Bonchev–Trinajstić information content (AvgIpc) is 3.10. The molecule has 0 fully saturated rings. The number of carbonyl (C=O) groups is 1.